The highest BCUT2D eigenvalue weighted by molar-refractivity contribution is 5.07. The van der Waals surface area contributed by atoms with Gasteiger partial charge in [0.05, 0.1) is 6.10 Å². The van der Waals surface area contributed by atoms with Crippen LogP contribution < -0.4 is 0 Å². The molecule has 0 aliphatic carbocycles. The molecule has 1 aromatic rings. The van der Waals surface area contributed by atoms with Gasteiger partial charge in [-0.05, 0) is 6.92 Å². The number of nitrogens with zero attached hydrogens (tertiary/aromatic N) is 2. The highest BCUT2D eigenvalue weighted by atomic mass is 16.5. The molecule has 2 atom stereocenters. The molecule has 0 saturated carbocycles. The molecule has 1 rings (SSSR count). The molecule has 1 heterocycles. The van der Waals surface area contributed by atoms with Crippen molar-refractivity contribution < 1.29 is 9.84 Å². The molecule has 0 fully saturated rings. The van der Waals surface area contributed by atoms with Crippen LogP contribution in [0.2, 0.25) is 0 Å². The van der Waals surface area contributed by atoms with Crippen LogP contribution in [0, 0.1) is 0 Å². The average molecular weight is 168 g/mol. The van der Waals surface area contributed by atoms with Crippen LogP contribution in [-0.2, 0) is 4.74 Å². The molecule has 1 aromatic heterocycles. The van der Waals surface area contributed by atoms with Gasteiger partial charge < -0.3 is 9.84 Å². The van der Waals surface area contributed by atoms with E-state index in [4.69, 9.17) is 4.74 Å². The Balaban J connectivity index is 2.71. The fourth-order valence-corrected chi connectivity index (χ4v) is 0.863. The van der Waals surface area contributed by atoms with E-state index in [1.165, 1.54) is 6.33 Å². The zero-order valence-electron chi connectivity index (χ0n) is 7.14. The number of ether oxygens (including phenoxy) is 1. The minimum atomic E-state index is -0.656. The number of hydrogen-bond donors (Lipinski definition) is 1. The van der Waals surface area contributed by atoms with Crippen molar-refractivity contribution in [3.8, 4) is 0 Å². The first-order valence-corrected chi connectivity index (χ1v) is 3.71. The van der Waals surface area contributed by atoms with E-state index < -0.39 is 6.10 Å². The van der Waals surface area contributed by atoms with Crippen molar-refractivity contribution in [3.63, 3.8) is 0 Å². The first-order valence-electron chi connectivity index (χ1n) is 3.71. The summed E-state index contributed by atoms with van der Waals surface area (Å²) in [5, 5.41) is 9.58. The molecule has 0 radical (unpaired) electrons. The predicted molar refractivity (Wildman–Crippen MR) is 43.5 cm³/mol. The molecule has 12 heavy (non-hydrogen) atoms. The normalized spacial score (nSPS) is 15.6. The minimum Gasteiger partial charge on any atom is -0.386 e. The molecule has 0 aromatic carbocycles. The Labute approximate surface area is 71.2 Å². The number of aromatic nitrogens is 2. The van der Waals surface area contributed by atoms with Gasteiger partial charge in [-0.3, -0.25) is 0 Å². The second kappa shape index (κ2) is 4.13. The molecule has 0 amide bonds. The van der Waals surface area contributed by atoms with E-state index in [9.17, 15) is 5.11 Å². The van der Waals surface area contributed by atoms with Crippen molar-refractivity contribution in [1.29, 1.82) is 0 Å². The Morgan fingerprint density at radius 2 is 2.00 bits per heavy atom. The van der Waals surface area contributed by atoms with Crippen molar-refractivity contribution in [2.24, 2.45) is 0 Å². The third kappa shape index (κ3) is 1.99. The van der Waals surface area contributed by atoms with Gasteiger partial charge in [-0.15, -0.1) is 0 Å². The summed E-state index contributed by atoms with van der Waals surface area (Å²) in [7, 11) is 1.55. The summed E-state index contributed by atoms with van der Waals surface area (Å²) in [6.45, 7) is 1.79. The van der Waals surface area contributed by atoms with Gasteiger partial charge in [0.25, 0.3) is 0 Å². The fraction of sp³-hybridized carbons (Fsp3) is 0.500. The Morgan fingerprint density at radius 3 is 2.50 bits per heavy atom. The summed E-state index contributed by atoms with van der Waals surface area (Å²) in [6.07, 6.45) is 3.68. The summed E-state index contributed by atoms with van der Waals surface area (Å²) in [6, 6.07) is 0. The molecule has 4 heteroatoms. The van der Waals surface area contributed by atoms with Gasteiger partial charge in [0, 0.05) is 25.1 Å². The van der Waals surface area contributed by atoms with Crippen LogP contribution >= 0.6 is 0 Å². The molecule has 0 spiro atoms. The van der Waals surface area contributed by atoms with Crippen LogP contribution in [0.5, 0.6) is 0 Å². The van der Waals surface area contributed by atoms with Crippen LogP contribution in [0.25, 0.3) is 0 Å². The third-order valence-corrected chi connectivity index (χ3v) is 1.74. The lowest BCUT2D eigenvalue weighted by Gasteiger charge is -2.16. The van der Waals surface area contributed by atoms with Crippen LogP contribution in [0.15, 0.2) is 18.7 Å². The third-order valence-electron chi connectivity index (χ3n) is 1.74. The van der Waals surface area contributed by atoms with E-state index in [2.05, 4.69) is 9.97 Å². The minimum absolute atomic E-state index is 0.240. The monoisotopic (exact) mass is 168 g/mol. The summed E-state index contributed by atoms with van der Waals surface area (Å²) >= 11 is 0. The van der Waals surface area contributed by atoms with Gasteiger partial charge in [0.2, 0.25) is 0 Å². The van der Waals surface area contributed by atoms with Crippen molar-refractivity contribution in [3.05, 3.63) is 24.3 Å². The van der Waals surface area contributed by atoms with E-state index in [-0.39, 0.29) is 6.10 Å². The Bertz CT molecular complexity index is 228. The largest absolute Gasteiger partial charge is 0.386 e. The number of methoxy groups -OCH3 is 1. The lowest BCUT2D eigenvalue weighted by atomic mass is 10.1. The molecular formula is C8H12N2O2. The maximum atomic E-state index is 9.58. The molecule has 0 aliphatic rings. The summed E-state index contributed by atoms with van der Waals surface area (Å²) in [5.41, 5.74) is 0.673. The summed E-state index contributed by atoms with van der Waals surface area (Å²) in [4.78, 5) is 7.59. The van der Waals surface area contributed by atoms with Gasteiger partial charge in [-0.2, -0.15) is 0 Å². The lowest BCUT2D eigenvalue weighted by molar-refractivity contribution is -0.00176. The van der Waals surface area contributed by atoms with Gasteiger partial charge in [0.1, 0.15) is 12.4 Å². The zero-order valence-corrected chi connectivity index (χ0v) is 7.14. The number of aliphatic hydroxyl groups is 1. The van der Waals surface area contributed by atoms with Crippen molar-refractivity contribution in [2.75, 3.05) is 7.11 Å². The van der Waals surface area contributed by atoms with Crippen LogP contribution in [0.3, 0.4) is 0 Å². The molecule has 4 nitrogen and oxygen atoms in total. The summed E-state index contributed by atoms with van der Waals surface area (Å²) < 4.78 is 4.96. The van der Waals surface area contributed by atoms with Crippen molar-refractivity contribution in [2.45, 2.75) is 19.1 Å². The van der Waals surface area contributed by atoms with E-state index in [1.54, 1.807) is 26.4 Å². The Hall–Kier alpha value is -1.00. The topological polar surface area (TPSA) is 55.2 Å². The fourth-order valence-electron chi connectivity index (χ4n) is 0.863. The predicted octanol–water partition coefficient (Wildman–Crippen LogP) is 0.545. The van der Waals surface area contributed by atoms with Crippen LogP contribution in [0.4, 0.5) is 0 Å². The van der Waals surface area contributed by atoms with E-state index in [0.717, 1.165) is 0 Å². The Kier molecular flexibility index (Phi) is 3.13. The van der Waals surface area contributed by atoms with Gasteiger partial charge in [-0.25, -0.2) is 9.97 Å². The van der Waals surface area contributed by atoms with Crippen molar-refractivity contribution in [1.82, 2.24) is 9.97 Å². The molecule has 66 valence electrons. The smallest absolute Gasteiger partial charge is 0.115 e. The van der Waals surface area contributed by atoms with E-state index >= 15 is 0 Å². The first-order chi connectivity index (χ1) is 5.75. The number of aliphatic hydroxyl groups excluding tert-OH is 1. The van der Waals surface area contributed by atoms with Gasteiger partial charge in [-0.1, -0.05) is 0 Å². The maximum Gasteiger partial charge on any atom is 0.115 e. The maximum absolute atomic E-state index is 9.58. The highest BCUT2D eigenvalue weighted by Crippen LogP contribution is 2.15. The number of rotatable bonds is 3. The average Bonchev–Trinajstić information content (AvgIpc) is 2.17. The standard InChI is InChI=1S/C8H12N2O2/c1-6(12-2)8(11)7-3-9-5-10-4-7/h3-6,8,11H,1-2H3. The van der Waals surface area contributed by atoms with Gasteiger partial charge in [0.15, 0.2) is 0 Å². The Morgan fingerprint density at radius 1 is 1.42 bits per heavy atom. The molecule has 1 N–H and O–H groups in total. The van der Waals surface area contributed by atoms with Gasteiger partial charge >= 0.3 is 0 Å². The summed E-state index contributed by atoms with van der Waals surface area (Å²) in [5.74, 6) is 0. The first kappa shape index (κ1) is 9.09. The quantitative estimate of drug-likeness (QED) is 0.715. The van der Waals surface area contributed by atoms with E-state index in [0.29, 0.717) is 5.56 Å². The molecule has 0 bridgehead atoms. The molecule has 2 unspecified atom stereocenters. The second-order valence-corrected chi connectivity index (χ2v) is 2.56. The van der Waals surface area contributed by atoms with E-state index in [1.807, 2.05) is 0 Å². The molecule has 0 saturated heterocycles. The molecule has 0 aliphatic heterocycles. The molecular weight excluding hydrogens is 156 g/mol. The second-order valence-electron chi connectivity index (χ2n) is 2.56. The lowest BCUT2D eigenvalue weighted by Crippen LogP contribution is -2.17. The van der Waals surface area contributed by atoms with Crippen LogP contribution in [0.1, 0.15) is 18.6 Å². The van der Waals surface area contributed by atoms with Crippen molar-refractivity contribution >= 4 is 0 Å². The highest BCUT2D eigenvalue weighted by Gasteiger charge is 2.15. The SMILES string of the molecule is COC(C)C(O)c1cncnc1. The zero-order chi connectivity index (χ0) is 8.97. The van der Waals surface area contributed by atoms with Crippen LogP contribution in [-0.4, -0.2) is 28.3 Å². The number of hydrogen-bond acceptors (Lipinski definition) is 4.